The number of nitrogens with zero attached hydrogens (tertiary/aromatic N) is 4. The standard InChI is InChI=1S/C20H20F3N5O2/c1-28-6-7-30-13(11-28)9-25-19-16-10-24-5-4-14(16)18(26-27-19)15-3-2-12(8-17(15)29)20(21,22)23/h2-5,8,10,13,29H,6-7,9,11H2,1H3,(H,25,27). The van der Waals surface area contributed by atoms with Crippen LogP contribution in [0.25, 0.3) is 22.0 Å². The lowest BCUT2D eigenvalue weighted by molar-refractivity contribution is -0.137. The molecule has 1 aliphatic rings. The zero-order chi connectivity index (χ0) is 21.3. The SMILES string of the molecule is CN1CCOC(CNc2nnc(-c3ccc(C(F)(F)F)cc3O)c3ccncc23)C1. The molecule has 2 aromatic heterocycles. The van der Waals surface area contributed by atoms with E-state index in [4.69, 9.17) is 4.74 Å². The van der Waals surface area contributed by atoms with Crippen molar-refractivity contribution >= 4 is 16.6 Å². The highest BCUT2D eigenvalue weighted by Gasteiger charge is 2.31. The maximum atomic E-state index is 12.9. The predicted octanol–water partition coefficient (Wildman–Crippen LogP) is 3.16. The number of phenolic OH excluding ortho intramolecular Hbond substituents is 1. The van der Waals surface area contributed by atoms with E-state index < -0.39 is 17.5 Å². The third-order valence-corrected chi connectivity index (χ3v) is 5.00. The van der Waals surface area contributed by atoms with Gasteiger partial charge in [-0.2, -0.15) is 13.2 Å². The molecule has 0 aliphatic carbocycles. The Morgan fingerprint density at radius 2 is 2.07 bits per heavy atom. The van der Waals surface area contributed by atoms with E-state index in [1.807, 2.05) is 7.05 Å². The first-order valence-electron chi connectivity index (χ1n) is 9.38. The van der Waals surface area contributed by atoms with Crippen molar-refractivity contribution in [1.29, 1.82) is 0 Å². The van der Waals surface area contributed by atoms with Crippen molar-refractivity contribution in [2.45, 2.75) is 12.3 Å². The second kappa shape index (κ2) is 8.04. The quantitative estimate of drug-likeness (QED) is 0.672. The minimum absolute atomic E-state index is 0.00379. The number of aromatic nitrogens is 3. The summed E-state index contributed by atoms with van der Waals surface area (Å²) in [6, 6.07) is 4.48. The van der Waals surface area contributed by atoms with Crippen LogP contribution in [0.1, 0.15) is 5.56 Å². The molecule has 7 nitrogen and oxygen atoms in total. The maximum absolute atomic E-state index is 12.9. The molecule has 0 radical (unpaired) electrons. The highest BCUT2D eigenvalue weighted by atomic mass is 19.4. The van der Waals surface area contributed by atoms with Crippen LogP contribution < -0.4 is 5.32 Å². The Kier molecular flexibility index (Phi) is 5.44. The molecule has 0 bridgehead atoms. The number of fused-ring (bicyclic) bond motifs is 1. The lowest BCUT2D eigenvalue weighted by Crippen LogP contribution is -2.43. The molecular formula is C20H20F3N5O2. The molecule has 2 N–H and O–H groups in total. The minimum atomic E-state index is -4.54. The van der Waals surface area contributed by atoms with Gasteiger partial charge in [0.05, 0.1) is 18.3 Å². The van der Waals surface area contributed by atoms with E-state index in [1.54, 1.807) is 18.5 Å². The Bertz CT molecular complexity index is 1060. The van der Waals surface area contributed by atoms with Crippen molar-refractivity contribution < 1.29 is 23.0 Å². The molecule has 10 heteroatoms. The summed E-state index contributed by atoms with van der Waals surface area (Å²) in [6.45, 7) is 2.85. The summed E-state index contributed by atoms with van der Waals surface area (Å²) in [6.07, 6.45) is -1.39. The van der Waals surface area contributed by atoms with E-state index in [2.05, 4.69) is 25.4 Å². The highest BCUT2D eigenvalue weighted by molar-refractivity contribution is 6.00. The van der Waals surface area contributed by atoms with Gasteiger partial charge in [-0.3, -0.25) is 4.98 Å². The number of hydrogen-bond donors (Lipinski definition) is 2. The largest absolute Gasteiger partial charge is 0.507 e. The molecule has 0 saturated carbocycles. The van der Waals surface area contributed by atoms with Crippen molar-refractivity contribution in [1.82, 2.24) is 20.1 Å². The van der Waals surface area contributed by atoms with Gasteiger partial charge >= 0.3 is 6.18 Å². The molecule has 1 unspecified atom stereocenters. The van der Waals surface area contributed by atoms with Crippen molar-refractivity contribution in [2.24, 2.45) is 0 Å². The van der Waals surface area contributed by atoms with Gasteiger partial charge in [-0.25, -0.2) is 0 Å². The molecular weight excluding hydrogens is 399 g/mol. The van der Waals surface area contributed by atoms with Crippen LogP contribution >= 0.6 is 0 Å². The molecule has 3 heterocycles. The first-order chi connectivity index (χ1) is 14.3. The number of alkyl halides is 3. The summed E-state index contributed by atoms with van der Waals surface area (Å²) < 4.78 is 44.4. The Morgan fingerprint density at radius 1 is 1.23 bits per heavy atom. The lowest BCUT2D eigenvalue weighted by atomic mass is 10.0. The minimum Gasteiger partial charge on any atom is -0.507 e. The smallest absolute Gasteiger partial charge is 0.416 e. The van der Waals surface area contributed by atoms with E-state index >= 15 is 0 Å². The van der Waals surface area contributed by atoms with Gasteiger partial charge in [-0.15, -0.1) is 10.2 Å². The first-order valence-corrected chi connectivity index (χ1v) is 9.38. The van der Waals surface area contributed by atoms with Gasteiger partial charge in [0.1, 0.15) is 11.4 Å². The fourth-order valence-corrected chi connectivity index (χ4v) is 3.44. The summed E-state index contributed by atoms with van der Waals surface area (Å²) >= 11 is 0. The Hall–Kier alpha value is -2.98. The average Bonchev–Trinajstić information content (AvgIpc) is 2.71. The summed E-state index contributed by atoms with van der Waals surface area (Å²) in [5.74, 6) is -0.0262. The predicted molar refractivity (Wildman–Crippen MR) is 105 cm³/mol. The third kappa shape index (κ3) is 4.14. The second-order valence-electron chi connectivity index (χ2n) is 7.18. The van der Waals surface area contributed by atoms with Crippen LogP contribution in [0.5, 0.6) is 5.75 Å². The van der Waals surface area contributed by atoms with Crippen molar-refractivity contribution in [2.75, 3.05) is 38.6 Å². The first kappa shape index (κ1) is 20.3. The highest BCUT2D eigenvalue weighted by Crippen LogP contribution is 2.38. The molecule has 30 heavy (non-hydrogen) atoms. The maximum Gasteiger partial charge on any atom is 0.416 e. The van der Waals surface area contributed by atoms with E-state index in [9.17, 15) is 18.3 Å². The molecule has 1 atom stereocenters. The summed E-state index contributed by atoms with van der Waals surface area (Å²) in [5.41, 5.74) is -0.494. The molecule has 1 aliphatic heterocycles. The summed E-state index contributed by atoms with van der Waals surface area (Å²) in [4.78, 5) is 6.30. The van der Waals surface area contributed by atoms with E-state index in [0.29, 0.717) is 35.8 Å². The number of phenols is 1. The number of halogens is 3. The van der Waals surface area contributed by atoms with E-state index in [-0.39, 0.29) is 17.4 Å². The van der Waals surface area contributed by atoms with Crippen LogP contribution in [0.2, 0.25) is 0 Å². The van der Waals surface area contributed by atoms with Crippen LogP contribution in [-0.2, 0) is 10.9 Å². The number of nitrogens with one attached hydrogen (secondary N) is 1. The van der Waals surface area contributed by atoms with Crippen LogP contribution in [0.3, 0.4) is 0 Å². The van der Waals surface area contributed by atoms with E-state index in [1.165, 1.54) is 6.07 Å². The summed E-state index contributed by atoms with van der Waals surface area (Å²) in [7, 11) is 2.03. The van der Waals surface area contributed by atoms with Gasteiger partial charge in [-0.05, 0) is 31.3 Å². The fourth-order valence-electron chi connectivity index (χ4n) is 3.44. The molecule has 0 spiro atoms. The molecule has 1 saturated heterocycles. The number of anilines is 1. The number of pyridine rings is 1. The van der Waals surface area contributed by atoms with Crippen LogP contribution in [0.4, 0.5) is 19.0 Å². The molecule has 158 valence electrons. The lowest BCUT2D eigenvalue weighted by Gasteiger charge is -2.30. The molecule has 3 aromatic rings. The van der Waals surface area contributed by atoms with E-state index in [0.717, 1.165) is 19.2 Å². The van der Waals surface area contributed by atoms with Crippen molar-refractivity contribution in [3.63, 3.8) is 0 Å². The fraction of sp³-hybridized carbons (Fsp3) is 0.350. The number of benzene rings is 1. The van der Waals surface area contributed by atoms with Gasteiger partial charge in [0.15, 0.2) is 5.82 Å². The molecule has 4 rings (SSSR count). The molecule has 1 aromatic carbocycles. The Morgan fingerprint density at radius 3 is 2.80 bits per heavy atom. The molecule has 0 amide bonds. The third-order valence-electron chi connectivity index (χ3n) is 5.00. The number of likely N-dealkylation sites (N-methyl/N-ethyl adjacent to an activating group) is 1. The Labute approximate surface area is 170 Å². The van der Waals surface area contributed by atoms with Crippen LogP contribution in [-0.4, -0.2) is 64.6 Å². The van der Waals surface area contributed by atoms with Crippen LogP contribution in [0, 0.1) is 0 Å². The Balaban J connectivity index is 1.66. The zero-order valence-electron chi connectivity index (χ0n) is 16.1. The number of rotatable bonds is 4. The normalized spacial score (nSPS) is 17.9. The monoisotopic (exact) mass is 419 g/mol. The van der Waals surface area contributed by atoms with Gasteiger partial charge in [0.2, 0.25) is 0 Å². The zero-order valence-corrected chi connectivity index (χ0v) is 16.1. The van der Waals surface area contributed by atoms with Gasteiger partial charge in [0, 0.05) is 48.4 Å². The van der Waals surface area contributed by atoms with Crippen molar-refractivity contribution in [3.8, 4) is 17.0 Å². The second-order valence-corrected chi connectivity index (χ2v) is 7.18. The number of hydrogen-bond acceptors (Lipinski definition) is 7. The number of aromatic hydroxyl groups is 1. The van der Waals surface area contributed by atoms with Gasteiger partial charge in [0.25, 0.3) is 0 Å². The number of morpholine rings is 1. The van der Waals surface area contributed by atoms with Gasteiger partial charge < -0.3 is 20.1 Å². The molecule has 1 fully saturated rings. The topological polar surface area (TPSA) is 83.4 Å². The van der Waals surface area contributed by atoms with Crippen LogP contribution in [0.15, 0.2) is 36.7 Å². The summed E-state index contributed by atoms with van der Waals surface area (Å²) in [5, 5.41) is 23.1. The van der Waals surface area contributed by atoms with Gasteiger partial charge in [-0.1, -0.05) is 0 Å². The average molecular weight is 419 g/mol. The van der Waals surface area contributed by atoms with Crippen molar-refractivity contribution in [3.05, 3.63) is 42.2 Å². The number of ether oxygens (including phenoxy) is 1.